The van der Waals surface area contributed by atoms with Crippen LogP contribution >= 0.6 is 0 Å². The lowest BCUT2D eigenvalue weighted by Crippen LogP contribution is -2.51. The average Bonchev–Trinajstić information content (AvgIpc) is 3.66. The molecule has 45 heavy (non-hydrogen) atoms. The summed E-state index contributed by atoms with van der Waals surface area (Å²) in [6.07, 6.45) is 1.14. The molecule has 1 atom stereocenters. The van der Waals surface area contributed by atoms with E-state index in [0.717, 1.165) is 34.8 Å². The predicted molar refractivity (Wildman–Crippen MR) is 159 cm³/mol. The molecule has 0 aliphatic heterocycles. The van der Waals surface area contributed by atoms with Crippen molar-refractivity contribution in [1.82, 2.24) is 14.0 Å². The zero-order valence-corrected chi connectivity index (χ0v) is 24.3. The Kier molecular flexibility index (Phi) is 7.17. The highest BCUT2D eigenvalue weighted by Crippen LogP contribution is 2.41. The number of rotatable bonds is 8. The molecule has 0 bridgehead atoms. The second kappa shape index (κ2) is 10.9. The highest BCUT2D eigenvalue weighted by atomic mass is 32.2. The van der Waals surface area contributed by atoms with Gasteiger partial charge >= 0.3 is 10.2 Å². The largest absolute Gasteiger partial charge is 0.463 e. The van der Waals surface area contributed by atoms with Crippen molar-refractivity contribution in [2.24, 2.45) is 0 Å². The molecule has 0 fully saturated rings. The first-order valence-electron chi connectivity index (χ1n) is 13.3. The van der Waals surface area contributed by atoms with Gasteiger partial charge in [0.25, 0.3) is 11.6 Å². The van der Waals surface area contributed by atoms with Gasteiger partial charge in [-0.15, -0.1) is 0 Å². The molecule has 0 aliphatic rings. The number of halogens is 2. The molecule has 228 valence electrons. The first-order valence-corrected chi connectivity index (χ1v) is 14.7. The smallest absolute Gasteiger partial charge is 0.304 e. The Labute approximate surface area is 254 Å². The lowest BCUT2D eigenvalue weighted by atomic mass is 9.83. The van der Waals surface area contributed by atoms with Gasteiger partial charge in [-0.05, 0) is 60.5 Å². The van der Waals surface area contributed by atoms with E-state index in [4.69, 9.17) is 8.83 Å². The van der Waals surface area contributed by atoms with Crippen LogP contribution in [-0.4, -0.2) is 35.6 Å². The van der Waals surface area contributed by atoms with Gasteiger partial charge in [-0.2, -0.15) is 12.7 Å². The third-order valence-corrected chi connectivity index (χ3v) is 9.23. The van der Waals surface area contributed by atoms with Gasteiger partial charge in [-0.25, -0.2) is 18.5 Å². The number of hydrogen-bond acceptors (Lipinski definition) is 8. The quantitative estimate of drug-likeness (QED) is 0.152. The van der Waals surface area contributed by atoms with Gasteiger partial charge in [-0.3, -0.25) is 14.9 Å². The minimum absolute atomic E-state index is 0.0214. The average molecular weight is 633 g/mol. The number of carbonyl (C=O) groups is 1. The zero-order valence-electron chi connectivity index (χ0n) is 23.5. The van der Waals surface area contributed by atoms with Crippen molar-refractivity contribution in [3.63, 3.8) is 0 Å². The number of nitrogens with zero attached hydrogens (tertiary/aromatic N) is 3. The molecule has 1 unspecified atom stereocenters. The summed E-state index contributed by atoms with van der Waals surface area (Å²) in [7, 11) is -3.48. The van der Waals surface area contributed by atoms with E-state index in [1.54, 1.807) is 24.3 Å². The topological polar surface area (TPSA) is 149 Å². The molecule has 2 aromatic heterocycles. The maximum Gasteiger partial charge on any atom is 0.304 e. The molecule has 11 nitrogen and oxygen atoms in total. The summed E-state index contributed by atoms with van der Waals surface area (Å²) in [5, 5.41) is 12.4. The SMILES string of the molecule is CN(C(C)(c1ccc(F)cc1)c1ccc([N+](=O)[O-])c(-c2nc3c(F)cccc3o2)c1)S(=O)(=O)NC(=O)c1coc2ccccc12. The molecule has 14 heteroatoms. The van der Waals surface area contributed by atoms with E-state index >= 15 is 0 Å². The number of nitro groups is 1. The summed E-state index contributed by atoms with van der Waals surface area (Å²) >= 11 is 0. The van der Waals surface area contributed by atoms with Crippen molar-refractivity contribution in [2.45, 2.75) is 12.5 Å². The van der Waals surface area contributed by atoms with E-state index in [-0.39, 0.29) is 39.2 Å². The molecule has 2 heterocycles. The lowest BCUT2D eigenvalue weighted by Gasteiger charge is -2.39. The van der Waals surface area contributed by atoms with Crippen LogP contribution in [-0.2, 0) is 15.7 Å². The fourth-order valence-electron chi connectivity index (χ4n) is 5.14. The molecule has 0 spiro atoms. The lowest BCUT2D eigenvalue weighted by molar-refractivity contribution is -0.384. The van der Waals surface area contributed by atoms with Crippen LogP contribution in [0.4, 0.5) is 14.5 Å². The van der Waals surface area contributed by atoms with Crippen LogP contribution in [0.2, 0.25) is 0 Å². The van der Waals surface area contributed by atoms with Gasteiger partial charge < -0.3 is 8.83 Å². The summed E-state index contributed by atoms with van der Waals surface area (Å²) in [4.78, 5) is 28.7. The molecular weight excluding hydrogens is 610 g/mol. The van der Waals surface area contributed by atoms with E-state index in [1.807, 2.05) is 0 Å². The number of carbonyl (C=O) groups excluding carboxylic acids is 1. The number of furan rings is 1. The molecule has 0 radical (unpaired) electrons. The van der Waals surface area contributed by atoms with Crippen molar-refractivity contribution in [2.75, 3.05) is 7.05 Å². The third kappa shape index (κ3) is 5.09. The van der Waals surface area contributed by atoms with Crippen LogP contribution < -0.4 is 4.72 Å². The Morgan fingerprint density at radius 1 is 0.978 bits per heavy atom. The molecule has 1 N–H and O–H groups in total. The van der Waals surface area contributed by atoms with E-state index < -0.39 is 43.9 Å². The number of nitro benzene ring substituents is 1. The van der Waals surface area contributed by atoms with Crippen molar-refractivity contribution in [3.8, 4) is 11.5 Å². The predicted octanol–water partition coefficient (Wildman–Crippen LogP) is 6.30. The molecule has 0 saturated carbocycles. The maximum absolute atomic E-state index is 14.4. The van der Waals surface area contributed by atoms with Crippen LogP contribution in [0.5, 0.6) is 0 Å². The Balaban J connectivity index is 1.48. The number of para-hydroxylation sites is 2. The zero-order chi connectivity index (χ0) is 32.1. The summed E-state index contributed by atoms with van der Waals surface area (Å²) in [6.45, 7) is 1.48. The van der Waals surface area contributed by atoms with E-state index in [1.165, 1.54) is 50.4 Å². The molecule has 6 rings (SSSR count). The number of fused-ring (bicyclic) bond motifs is 2. The normalized spacial score (nSPS) is 13.3. The molecule has 6 aromatic rings. The Hall–Kier alpha value is -5.47. The van der Waals surface area contributed by atoms with Gasteiger partial charge in [0.1, 0.15) is 28.7 Å². The Morgan fingerprint density at radius 3 is 2.38 bits per heavy atom. The van der Waals surface area contributed by atoms with Crippen molar-refractivity contribution in [3.05, 3.63) is 130 Å². The minimum Gasteiger partial charge on any atom is -0.463 e. The first-order chi connectivity index (χ1) is 21.4. The number of nitrogens with one attached hydrogen (secondary N) is 1. The molecule has 0 aliphatic carbocycles. The number of oxazole rings is 1. The van der Waals surface area contributed by atoms with Crippen molar-refractivity contribution < 1.29 is 35.8 Å². The minimum atomic E-state index is -4.67. The van der Waals surface area contributed by atoms with E-state index in [9.17, 15) is 32.1 Å². The summed E-state index contributed by atoms with van der Waals surface area (Å²) in [5.74, 6) is -2.55. The molecule has 4 aromatic carbocycles. The number of hydrogen-bond donors (Lipinski definition) is 1. The Morgan fingerprint density at radius 2 is 1.67 bits per heavy atom. The van der Waals surface area contributed by atoms with Gasteiger partial charge in [-0.1, -0.05) is 36.4 Å². The van der Waals surface area contributed by atoms with E-state index in [0.29, 0.717) is 11.0 Å². The number of aromatic nitrogens is 1. The highest BCUT2D eigenvalue weighted by molar-refractivity contribution is 7.87. The second-order valence-electron chi connectivity index (χ2n) is 10.2. The Bertz CT molecular complexity index is 2230. The van der Waals surface area contributed by atoms with E-state index in [2.05, 4.69) is 9.71 Å². The van der Waals surface area contributed by atoms with Crippen LogP contribution in [0, 0.1) is 21.7 Å². The van der Waals surface area contributed by atoms with Gasteiger partial charge in [0.05, 0.1) is 16.0 Å². The van der Waals surface area contributed by atoms with Crippen LogP contribution in [0.3, 0.4) is 0 Å². The second-order valence-corrected chi connectivity index (χ2v) is 11.9. The monoisotopic (exact) mass is 632 g/mol. The fourth-order valence-corrected chi connectivity index (χ4v) is 6.31. The first kappa shape index (κ1) is 29.6. The standard InChI is InChI=1S/C31H22F2N4O7S/c1-31(18-10-13-20(32)14-11-18,36(2)45(41,42)35-29(38)23-17-43-26-8-4-3-6-21(23)26)19-12-15-25(37(39)40)22(16-19)30-34-28-24(33)7-5-9-27(28)44-30/h3-17H,1-2H3,(H,35,38). The summed E-state index contributed by atoms with van der Waals surface area (Å²) < 4.78 is 70.0. The van der Waals surface area contributed by atoms with Gasteiger partial charge in [0.15, 0.2) is 11.4 Å². The van der Waals surface area contributed by atoms with Gasteiger partial charge in [0.2, 0.25) is 5.89 Å². The summed E-state index contributed by atoms with van der Waals surface area (Å²) in [6, 6.07) is 19.3. The molecular formula is C31H22F2N4O7S. The summed E-state index contributed by atoms with van der Waals surface area (Å²) in [5.41, 5.74) is -1.66. The van der Waals surface area contributed by atoms with Crippen molar-refractivity contribution in [1.29, 1.82) is 0 Å². The maximum atomic E-state index is 14.4. The van der Waals surface area contributed by atoms with Crippen LogP contribution in [0.15, 0.2) is 100 Å². The fraction of sp³-hybridized carbons (Fsp3) is 0.0968. The highest BCUT2D eigenvalue weighted by Gasteiger charge is 2.42. The van der Waals surface area contributed by atoms with Gasteiger partial charge in [0, 0.05) is 18.5 Å². The molecule has 1 amide bonds. The number of amides is 1. The molecule has 0 saturated heterocycles. The number of benzene rings is 4. The van der Waals surface area contributed by atoms with Crippen molar-refractivity contribution >= 4 is 43.9 Å². The van der Waals surface area contributed by atoms with Crippen LogP contribution in [0.25, 0.3) is 33.5 Å². The van der Waals surface area contributed by atoms with Crippen LogP contribution in [0.1, 0.15) is 28.4 Å². The third-order valence-electron chi connectivity index (χ3n) is 7.70.